The average molecular weight is 598 g/mol. The maximum atomic E-state index is 6.34. The van der Waals surface area contributed by atoms with Crippen LogP contribution in [0.3, 0.4) is 0 Å². The quantitative estimate of drug-likeness (QED) is 0.197. The molecule has 1 aliphatic heterocycles. The molecule has 2 nitrogen and oxygen atoms in total. The van der Waals surface area contributed by atoms with Crippen molar-refractivity contribution in [2.45, 2.75) is 28.9 Å². The van der Waals surface area contributed by atoms with Gasteiger partial charge in [-0.2, -0.15) is 0 Å². The monoisotopic (exact) mass is 597 g/mol. The summed E-state index contributed by atoms with van der Waals surface area (Å²) in [7, 11) is 0. The molecule has 0 bridgehead atoms. The van der Waals surface area contributed by atoms with Crippen LogP contribution < -0.4 is 4.90 Å². The molecule has 2 atom stereocenters. The molecule has 3 heteroatoms. The van der Waals surface area contributed by atoms with E-state index in [0.29, 0.717) is 11.2 Å². The fourth-order valence-corrected chi connectivity index (χ4v) is 8.39. The van der Waals surface area contributed by atoms with Gasteiger partial charge in [0.25, 0.3) is 0 Å². The number of fused-ring (bicyclic) bond motifs is 6. The molecular formula is C42H31NOS. The molecular weight excluding hydrogens is 567 g/mol. The SMILES string of the molecule is C1=CCC(c2ccc(N(c3cccc(C4=CCC5Sc6ccccc6C5=C4)c3)c3cccc4oc5ccccc5c34)cc2)C=C1. The number of para-hydroxylation sites is 1. The largest absolute Gasteiger partial charge is 0.456 e. The van der Waals surface area contributed by atoms with E-state index >= 15 is 0 Å². The van der Waals surface area contributed by atoms with Crippen LogP contribution in [-0.4, -0.2) is 5.25 Å². The second kappa shape index (κ2) is 10.9. The van der Waals surface area contributed by atoms with E-state index in [9.17, 15) is 0 Å². The van der Waals surface area contributed by atoms with Crippen molar-refractivity contribution in [3.05, 3.63) is 168 Å². The van der Waals surface area contributed by atoms with Crippen LogP contribution in [0.15, 0.2) is 161 Å². The Hall–Kier alpha value is -4.99. The van der Waals surface area contributed by atoms with Crippen LogP contribution in [0.1, 0.15) is 35.4 Å². The van der Waals surface area contributed by atoms with Crippen molar-refractivity contribution in [3.63, 3.8) is 0 Å². The van der Waals surface area contributed by atoms with Crippen LogP contribution in [-0.2, 0) is 0 Å². The van der Waals surface area contributed by atoms with E-state index < -0.39 is 0 Å². The zero-order valence-corrected chi connectivity index (χ0v) is 25.6. The summed E-state index contributed by atoms with van der Waals surface area (Å²) in [5, 5.41) is 2.76. The minimum atomic E-state index is 0.413. The minimum Gasteiger partial charge on any atom is -0.456 e. The molecule has 2 unspecified atom stereocenters. The number of hydrogen-bond donors (Lipinski definition) is 0. The third-order valence-corrected chi connectivity index (χ3v) is 10.6. The molecule has 5 aromatic carbocycles. The summed E-state index contributed by atoms with van der Waals surface area (Å²) >= 11 is 2.00. The van der Waals surface area contributed by atoms with Crippen molar-refractivity contribution in [2.24, 2.45) is 0 Å². The second-order valence-electron chi connectivity index (χ2n) is 12.0. The van der Waals surface area contributed by atoms with Gasteiger partial charge in [-0.1, -0.05) is 97.1 Å². The fraction of sp³-hybridized carbons (Fsp3) is 0.0952. The Balaban J connectivity index is 1.18. The first-order chi connectivity index (χ1) is 22.3. The summed E-state index contributed by atoms with van der Waals surface area (Å²) in [6, 6.07) is 41.7. The van der Waals surface area contributed by atoms with E-state index in [0.717, 1.165) is 51.8 Å². The summed E-state index contributed by atoms with van der Waals surface area (Å²) in [4.78, 5) is 3.79. The molecule has 0 saturated carbocycles. The van der Waals surface area contributed by atoms with E-state index in [1.54, 1.807) is 0 Å². The Kier molecular flexibility index (Phi) is 6.38. The van der Waals surface area contributed by atoms with Gasteiger partial charge in [-0.05, 0) is 95.3 Å². The molecule has 0 spiro atoms. The molecule has 2 aliphatic carbocycles. The van der Waals surface area contributed by atoms with Crippen LogP contribution in [0.25, 0.3) is 33.1 Å². The highest BCUT2D eigenvalue weighted by atomic mass is 32.2. The van der Waals surface area contributed by atoms with Crippen LogP contribution in [0.2, 0.25) is 0 Å². The van der Waals surface area contributed by atoms with Crippen molar-refractivity contribution >= 4 is 61.9 Å². The molecule has 0 fully saturated rings. The first-order valence-corrected chi connectivity index (χ1v) is 16.6. The Labute approximate surface area is 267 Å². The smallest absolute Gasteiger partial charge is 0.137 e. The van der Waals surface area contributed by atoms with Gasteiger partial charge in [0.05, 0.1) is 11.1 Å². The number of nitrogens with zero attached hydrogens (tertiary/aromatic N) is 1. The van der Waals surface area contributed by atoms with Crippen molar-refractivity contribution in [3.8, 4) is 0 Å². The maximum Gasteiger partial charge on any atom is 0.137 e. The van der Waals surface area contributed by atoms with Crippen LogP contribution in [0, 0.1) is 0 Å². The van der Waals surface area contributed by atoms with E-state index in [4.69, 9.17) is 4.42 Å². The standard InChI is InChI=1S/C42H31NOS/c1-2-10-28(11-3-1)29-20-23-32(24-21-29)43(37-16-9-18-39-42(37)35-15-4-6-17-38(35)44-39)33-13-8-12-30(26-33)31-22-25-41-36(27-31)34-14-5-7-19-40(34)45-41/h1-10,12-24,26-28,41H,11,25H2. The van der Waals surface area contributed by atoms with Gasteiger partial charge < -0.3 is 9.32 Å². The van der Waals surface area contributed by atoms with Gasteiger partial charge in [0.2, 0.25) is 0 Å². The fourth-order valence-electron chi connectivity index (χ4n) is 7.10. The first-order valence-electron chi connectivity index (χ1n) is 15.7. The van der Waals surface area contributed by atoms with E-state index in [2.05, 4.69) is 151 Å². The summed E-state index contributed by atoms with van der Waals surface area (Å²) < 4.78 is 6.34. The lowest BCUT2D eigenvalue weighted by molar-refractivity contribution is 0.669. The van der Waals surface area contributed by atoms with Gasteiger partial charge in [-0.3, -0.25) is 0 Å². The molecule has 9 rings (SSSR count). The van der Waals surface area contributed by atoms with Gasteiger partial charge in [0, 0.05) is 32.8 Å². The van der Waals surface area contributed by atoms with Gasteiger partial charge in [0.15, 0.2) is 0 Å². The topological polar surface area (TPSA) is 16.4 Å². The molecule has 0 saturated heterocycles. The van der Waals surface area contributed by atoms with Gasteiger partial charge in [0.1, 0.15) is 11.2 Å². The second-order valence-corrected chi connectivity index (χ2v) is 13.2. The number of allylic oxidation sites excluding steroid dienone is 7. The summed E-state index contributed by atoms with van der Waals surface area (Å²) in [6.07, 6.45) is 15.8. The van der Waals surface area contributed by atoms with E-state index in [1.165, 1.54) is 32.7 Å². The molecule has 0 amide bonds. The number of furan rings is 1. The predicted molar refractivity (Wildman–Crippen MR) is 191 cm³/mol. The Morgan fingerprint density at radius 2 is 1.56 bits per heavy atom. The third kappa shape index (κ3) is 4.58. The molecule has 1 aromatic heterocycles. The molecule has 6 aromatic rings. The third-order valence-electron chi connectivity index (χ3n) is 9.30. The van der Waals surface area contributed by atoms with Crippen molar-refractivity contribution in [1.82, 2.24) is 0 Å². The normalized spacial score (nSPS) is 18.5. The van der Waals surface area contributed by atoms with Crippen molar-refractivity contribution < 1.29 is 4.42 Å². The lowest BCUT2D eigenvalue weighted by atomic mass is 9.90. The first kappa shape index (κ1) is 26.4. The zero-order valence-electron chi connectivity index (χ0n) is 24.8. The Morgan fingerprint density at radius 3 is 2.47 bits per heavy atom. The summed E-state index contributed by atoms with van der Waals surface area (Å²) in [5.41, 5.74) is 11.9. The predicted octanol–water partition coefficient (Wildman–Crippen LogP) is 12.0. The molecule has 45 heavy (non-hydrogen) atoms. The van der Waals surface area contributed by atoms with Gasteiger partial charge in [-0.25, -0.2) is 0 Å². The lowest BCUT2D eigenvalue weighted by Gasteiger charge is -2.27. The molecule has 0 radical (unpaired) electrons. The molecule has 2 heterocycles. The number of hydrogen-bond acceptors (Lipinski definition) is 3. The highest BCUT2D eigenvalue weighted by molar-refractivity contribution is 8.00. The van der Waals surface area contributed by atoms with Crippen LogP contribution >= 0.6 is 11.8 Å². The molecule has 0 N–H and O–H groups in total. The summed E-state index contributed by atoms with van der Waals surface area (Å²) in [5.74, 6) is 0.413. The van der Waals surface area contributed by atoms with Gasteiger partial charge in [-0.15, -0.1) is 11.8 Å². The molecule has 3 aliphatic rings. The number of anilines is 3. The number of benzene rings is 5. The summed E-state index contributed by atoms with van der Waals surface area (Å²) in [6.45, 7) is 0. The lowest BCUT2D eigenvalue weighted by Crippen LogP contribution is -2.11. The number of rotatable bonds is 5. The highest BCUT2D eigenvalue weighted by Crippen LogP contribution is 2.50. The van der Waals surface area contributed by atoms with E-state index in [-0.39, 0.29) is 0 Å². The number of thioether (sulfide) groups is 1. The van der Waals surface area contributed by atoms with Gasteiger partial charge >= 0.3 is 0 Å². The molecule has 216 valence electrons. The maximum absolute atomic E-state index is 6.34. The van der Waals surface area contributed by atoms with Crippen LogP contribution in [0.4, 0.5) is 17.1 Å². The minimum absolute atomic E-state index is 0.413. The van der Waals surface area contributed by atoms with Crippen LogP contribution in [0.5, 0.6) is 0 Å². The Morgan fingerprint density at radius 1 is 0.711 bits per heavy atom. The highest BCUT2D eigenvalue weighted by Gasteiger charge is 2.29. The van der Waals surface area contributed by atoms with E-state index in [1.807, 2.05) is 17.8 Å². The van der Waals surface area contributed by atoms with Crippen molar-refractivity contribution in [2.75, 3.05) is 4.90 Å². The average Bonchev–Trinajstić information content (AvgIpc) is 3.68. The zero-order chi connectivity index (χ0) is 29.7. The van der Waals surface area contributed by atoms with Crippen molar-refractivity contribution in [1.29, 1.82) is 0 Å². The Bertz CT molecular complexity index is 2210.